The molecule has 1 nitrogen and oxygen atoms in total. The van der Waals surface area contributed by atoms with Crippen LogP contribution in [0.4, 0.5) is 13.2 Å². The minimum absolute atomic E-state index is 0.0144. The predicted molar refractivity (Wildman–Crippen MR) is 108 cm³/mol. The summed E-state index contributed by atoms with van der Waals surface area (Å²) in [5.41, 5.74) is 3.77. The molecule has 0 spiro atoms. The Morgan fingerprint density at radius 1 is 0.897 bits per heavy atom. The first-order valence-corrected chi connectivity index (χ1v) is 9.94. The summed E-state index contributed by atoms with van der Waals surface area (Å²) in [5, 5.41) is 0.0144. The Labute approximate surface area is 173 Å². The molecule has 3 aromatic rings. The number of hydrogen-bond donors (Lipinski definition) is 0. The maximum atomic E-state index is 12.6. The third-order valence-electron chi connectivity index (χ3n) is 5.39. The number of halogens is 4. The largest absolute Gasteiger partial charge is 0.489 e. The highest BCUT2D eigenvalue weighted by atomic mass is 35.5. The quantitative estimate of drug-likeness (QED) is 0.405. The smallest absolute Gasteiger partial charge is 0.416 e. The zero-order valence-electron chi connectivity index (χ0n) is 15.6. The van der Waals surface area contributed by atoms with Crippen molar-refractivity contribution in [2.24, 2.45) is 0 Å². The molecule has 2 atom stereocenters. The zero-order chi connectivity index (χ0) is 20.4. The van der Waals surface area contributed by atoms with Crippen molar-refractivity contribution in [3.05, 3.63) is 101 Å². The maximum absolute atomic E-state index is 12.6. The summed E-state index contributed by atoms with van der Waals surface area (Å²) in [7, 11) is 0. The third kappa shape index (κ3) is 4.59. The molecule has 150 valence electrons. The van der Waals surface area contributed by atoms with Crippen LogP contribution in [0, 0.1) is 0 Å². The fraction of sp³-hybridized carbons (Fsp3) is 0.250. The molecule has 0 bridgehead atoms. The van der Waals surface area contributed by atoms with Gasteiger partial charge in [0.05, 0.1) is 10.9 Å². The zero-order valence-corrected chi connectivity index (χ0v) is 16.4. The van der Waals surface area contributed by atoms with E-state index in [1.54, 1.807) is 0 Å². The number of benzene rings is 3. The molecule has 29 heavy (non-hydrogen) atoms. The van der Waals surface area contributed by atoms with E-state index in [-0.39, 0.29) is 12.0 Å². The molecule has 4 rings (SSSR count). The van der Waals surface area contributed by atoms with Gasteiger partial charge in [-0.3, -0.25) is 0 Å². The minimum Gasteiger partial charge on any atom is -0.489 e. The fourth-order valence-corrected chi connectivity index (χ4v) is 4.23. The number of alkyl halides is 4. The van der Waals surface area contributed by atoms with E-state index in [1.807, 2.05) is 36.4 Å². The SMILES string of the molecule is FC(F)(F)c1ccc(COc2ccc(C3Cc4ccccc4C(Cl)C3)cc2)cc1. The van der Waals surface area contributed by atoms with E-state index in [0.717, 1.165) is 25.0 Å². The highest BCUT2D eigenvalue weighted by molar-refractivity contribution is 6.21. The lowest BCUT2D eigenvalue weighted by Crippen LogP contribution is -2.14. The third-order valence-corrected chi connectivity index (χ3v) is 5.80. The van der Waals surface area contributed by atoms with Crippen molar-refractivity contribution in [3.8, 4) is 5.75 Å². The molecule has 0 heterocycles. The Balaban J connectivity index is 1.39. The van der Waals surface area contributed by atoms with E-state index in [4.69, 9.17) is 16.3 Å². The standard InChI is InChI=1S/C24H20ClF3O/c25-23-14-19(13-18-3-1-2-4-22(18)23)17-7-11-21(12-8-17)29-15-16-5-9-20(10-6-16)24(26,27)28/h1-12,19,23H,13-15H2. The van der Waals surface area contributed by atoms with Crippen LogP contribution in [0.2, 0.25) is 0 Å². The van der Waals surface area contributed by atoms with Gasteiger partial charge in [0, 0.05) is 0 Å². The summed E-state index contributed by atoms with van der Waals surface area (Å²) >= 11 is 6.58. The van der Waals surface area contributed by atoms with Gasteiger partial charge in [-0.2, -0.15) is 13.2 Å². The van der Waals surface area contributed by atoms with Gasteiger partial charge in [0.2, 0.25) is 0 Å². The van der Waals surface area contributed by atoms with Crippen LogP contribution in [0.15, 0.2) is 72.8 Å². The van der Waals surface area contributed by atoms with E-state index in [2.05, 4.69) is 12.1 Å². The second-order valence-electron chi connectivity index (χ2n) is 7.36. The second-order valence-corrected chi connectivity index (χ2v) is 7.88. The molecule has 3 aromatic carbocycles. The molecule has 0 saturated heterocycles. The van der Waals surface area contributed by atoms with Crippen molar-refractivity contribution >= 4 is 11.6 Å². The number of fused-ring (bicyclic) bond motifs is 1. The first-order chi connectivity index (χ1) is 13.9. The van der Waals surface area contributed by atoms with Gasteiger partial charge in [-0.25, -0.2) is 0 Å². The van der Waals surface area contributed by atoms with Gasteiger partial charge in [0.15, 0.2) is 0 Å². The van der Waals surface area contributed by atoms with Gasteiger partial charge in [0.25, 0.3) is 0 Å². The molecule has 2 unspecified atom stereocenters. The fourth-order valence-electron chi connectivity index (χ4n) is 3.80. The Hall–Kier alpha value is -2.46. The first kappa shape index (κ1) is 19.8. The van der Waals surface area contributed by atoms with E-state index in [9.17, 15) is 13.2 Å². The molecule has 0 aromatic heterocycles. The van der Waals surface area contributed by atoms with Crippen LogP contribution in [-0.2, 0) is 19.2 Å². The van der Waals surface area contributed by atoms with E-state index in [1.165, 1.54) is 28.8 Å². The van der Waals surface area contributed by atoms with Crippen LogP contribution < -0.4 is 4.74 Å². The second kappa shape index (κ2) is 8.11. The highest BCUT2D eigenvalue weighted by Crippen LogP contribution is 2.42. The highest BCUT2D eigenvalue weighted by Gasteiger charge is 2.30. The lowest BCUT2D eigenvalue weighted by atomic mass is 9.80. The van der Waals surface area contributed by atoms with Gasteiger partial charge in [-0.05, 0) is 65.3 Å². The molecule has 1 aliphatic carbocycles. The predicted octanol–water partition coefficient (Wildman–Crippen LogP) is 7.29. The van der Waals surface area contributed by atoms with Gasteiger partial charge in [-0.1, -0.05) is 48.5 Å². The number of hydrogen-bond acceptors (Lipinski definition) is 1. The van der Waals surface area contributed by atoms with Crippen LogP contribution in [-0.4, -0.2) is 0 Å². The van der Waals surface area contributed by atoms with Crippen LogP contribution in [0.25, 0.3) is 0 Å². The van der Waals surface area contributed by atoms with E-state index >= 15 is 0 Å². The van der Waals surface area contributed by atoms with Crippen LogP contribution >= 0.6 is 11.6 Å². The summed E-state index contributed by atoms with van der Waals surface area (Å²) in [6.45, 7) is 0.220. The van der Waals surface area contributed by atoms with Gasteiger partial charge >= 0.3 is 6.18 Å². The molecule has 0 fully saturated rings. The minimum atomic E-state index is -4.32. The summed E-state index contributed by atoms with van der Waals surface area (Å²) in [6, 6.07) is 21.2. The van der Waals surface area contributed by atoms with Crippen LogP contribution in [0.1, 0.15) is 45.5 Å². The van der Waals surface area contributed by atoms with Crippen molar-refractivity contribution in [3.63, 3.8) is 0 Å². The van der Waals surface area contributed by atoms with Gasteiger partial charge in [-0.15, -0.1) is 11.6 Å². The monoisotopic (exact) mass is 416 g/mol. The van der Waals surface area contributed by atoms with Crippen molar-refractivity contribution < 1.29 is 17.9 Å². The Morgan fingerprint density at radius 3 is 2.28 bits per heavy atom. The number of rotatable bonds is 4. The first-order valence-electron chi connectivity index (χ1n) is 9.51. The molecular weight excluding hydrogens is 397 g/mol. The molecule has 0 aliphatic heterocycles. The van der Waals surface area contributed by atoms with E-state index < -0.39 is 11.7 Å². The van der Waals surface area contributed by atoms with Crippen molar-refractivity contribution in [1.82, 2.24) is 0 Å². The topological polar surface area (TPSA) is 9.23 Å². The lowest BCUT2D eigenvalue weighted by Gasteiger charge is -2.28. The average Bonchev–Trinajstić information content (AvgIpc) is 2.72. The molecule has 5 heteroatoms. The van der Waals surface area contributed by atoms with Gasteiger partial charge in [0.1, 0.15) is 12.4 Å². The molecule has 0 N–H and O–H groups in total. The Kier molecular flexibility index (Phi) is 5.55. The molecule has 0 amide bonds. The molecular formula is C24H20ClF3O. The summed E-state index contributed by atoms with van der Waals surface area (Å²) < 4.78 is 43.6. The molecule has 0 saturated carbocycles. The summed E-state index contributed by atoms with van der Waals surface area (Å²) in [6.07, 6.45) is -2.47. The Bertz CT molecular complexity index is 965. The van der Waals surface area contributed by atoms with Crippen molar-refractivity contribution in [1.29, 1.82) is 0 Å². The normalized spacial score (nSPS) is 18.9. The van der Waals surface area contributed by atoms with Crippen LogP contribution in [0.3, 0.4) is 0 Å². The summed E-state index contributed by atoms with van der Waals surface area (Å²) in [5.74, 6) is 1.05. The Morgan fingerprint density at radius 2 is 1.59 bits per heavy atom. The van der Waals surface area contributed by atoms with Crippen molar-refractivity contribution in [2.75, 3.05) is 0 Å². The average molecular weight is 417 g/mol. The maximum Gasteiger partial charge on any atom is 0.416 e. The molecule has 1 aliphatic rings. The van der Waals surface area contributed by atoms with Crippen molar-refractivity contribution in [2.45, 2.75) is 36.9 Å². The molecule has 0 radical (unpaired) electrons. The van der Waals surface area contributed by atoms with Gasteiger partial charge < -0.3 is 4.74 Å². The lowest BCUT2D eigenvalue weighted by molar-refractivity contribution is -0.137. The number of ether oxygens (including phenoxy) is 1. The van der Waals surface area contributed by atoms with Crippen LogP contribution in [0.5, 0.6) is 5.75 Å². The van der Waals surface area contributed by atoms with E-state index in [0.29, 0.717) is 17.2 Å². The summed E-state index contributed by atoms with van der Waals surface area (Å²) in [4.78, 5) is 0.